The van der Waals surface area contributed by atoms with Gasteiger partial charge in [0.25, 0.3) is 0 Å². The van der Waals surface area contributed by atoms with Crippen LogP contribution in [0.25, 0.3) is 0 Å². The number of benzene rings is 4. The molecule has 0 saturated carbocycles. The van der Waals surface area contributed by atoms with Gasteiger partial charge in [0.05, 0.1) is 11.4 Å². The molecule has 0 amide bonds. The van der Waals surface area contributed by atoms with Gasteiger partial charge in [-0.1, -0.05) is 84.9 Å². The summed E-state index contributed by atoms with van der Waals surface area (Å²) in [6.45, 7) is 4.12. The highest BCUT2D eigenvalue weighted by atomic mass is 31.2. The average molecular weight is 436 g/mol. The van der Waals surface area contributed by atoms with E-state index in [1.165, 1.54) is 15.9 Å². The zero-order valence-electron chi connectivity index (χ0n) is 18.6. The molecule has 0 aliphatic rings. The molecule has 4 rings (SSSR count). The normalized spacial score (nSPS) is 12.6. The zero-order chi connectivity index (χ0) is 22.2. The van der Waals surface area contributed by atoms with E-state index in [0.29, 0.717) is 0 Å². The van der Waals surface area contributed by atoms with Gasteiger partial charge >= 0.3 is 0 Å². The van der Waals surface area contributed by atoms with Crippen molar-refractivity contribution in [2.75, 3.05) is 6.16 Å². The maximum absolute atomic E-state index is 4.69. The molecule has 0 fully saturated rings. The van der Waals surface area contributed by atoms with E-state index in [0.717, 1.165) is 23.1 Å². The van der Waals surface area contributed by atoms with E-state index in [9.17, 15) is 0 Å². The lowest BCUT2D eigenvalue weighted by atomic mass is 10.1. The summed E-state index contributed by atoms with van der Waals surface area (Å²) in [5, 5.41) is 13.3. The summed E-state index contributed by atoms with van der Waals surface area (Å²) in [7, 11) is -1.94. The Morgan fingerprint density at radius 3 is 1.31 bits per heavy atom. The number of rotatable bonds is 7. The summed E-state index contributed by atoms with van der Waals surface area (Å²) in [5.74, 6) is 0. The van der Waals surface area contributed by atoms with Crippen molar-refractivity contribution in [3.8, 4) is 0 Å². The van der Waals surface area contributed by atoms with Gasteiger partial charge < -0.3 is 0 Å². The van der Waals surface area contributed by atoms with E-state index in [2.05, 4.69) is 115 Å². The van der Waals surface area contributed by atoms with E-state index >= 15 is 0 Å². The van der Waals surface area contributed by atoms with E-state index < -0.39 is 7.26 Å². The molecule has 0 atom stereocenters. The van der Waals surface area contributed by atoms with Gasteiger partial charge in [-0.3, -0.25) is 0 Å². The Bertz CT molecular complexity index is 1090. The molecule has 4 aromatic carbocycles. The molecule has 4 aromatic rings. The lowest BCUT2D eigenvalue weighted by molar-refractivity contribution is 1.21. The third-order valence-electron chi connectivity index (χ3n) is 5.62. The first-order chi connectivity index (χ1) is 15.7. The van der Waals surface area contributed by atoms with E-state index in [4.69, 9.17) is 5.10 Å². The summed E-state index contributed by atoms with van der Waals surface area (Å²) < 4.78 is 0. The van der Waals surface area contributed by atoms with Crippen molar-refractivity contribution in [1.29, 1.82) is 0 Å². The predicted molar refractivity (Wildman–Crippen MR) is 142 cm³/mol. The molecule has 3 heteroatoms. The van der Waals surface area contributed by atoms with Crippen LogP contribution in [0, 0.1) is 0 Å². The maximum Gasteiger partial charge on any atom is 0.117 e. The average Bonchev–Trinajstić information content (AvgIpc) is 2.88. The molecule has 0 aromatic heterocycles. The lowest BCUT2D eigenvalue weighted by Crippen LogP contribution is -2.35. The van der Waals surface area contributed by atoms with Crippen molar-refractivity contribution < 1.29 is 0 Å². The highest BCUT2D eigenvalue weighted by Gasteiger charge is 2.45. The first kappa shape index (κ1) is 21.9. The van der Waals surface area contributed by atoms with Crippen LogP contribution in [0.4, 0.5) is 0 Å². The van der Waals surface area contributed by atoms with Crippen LogP contribution < -0.4 is 15.9 Å². The number of hydrogen-bond donors (Lipinski definition) is 0. The van der Waals surface area contributed by atoms with Gasteiger partial charge in [0.2, 0.25) is 0 Å². The fourth-order valence-corrected chi connectivity index (χ4v) is 8.28. The van der Waals surface area contributed by atoms with E-state index in [-0.39, 0.29) is 0 Å². The monoisotopic (exact) mass is 435 g/mol. The smallest absolute Gasteiger partial charge is 0.117 e. The van der Waals surface area contributed by atoms with Gasteiger partial charge in [-0.25, -0.2) is 0 Å². The topological polar surface area (TPSA) is 24.7 Å². The van der Waals surface area contributed by atoms with Crippen LogP contribution in [0.1, 0.15) is 19.4 Å². The van der Waals surface area contributed by atoms with Gasteiger partial charge in [-0.15, -0.1) is 0 Å². The van der Waals surface area contributed by atoms with Crippen molar-refractivity contribution in [1.82, 2.24) is 0 Å². The second-order valence-electron chi connectivity index (χ2n) is 7.86. The van der Waals surface area contributed by atoms with Gasteiger partial charge in [0.15, 0.2) is 0 Å². The van der Waals surface area contributed by atoms with Crippen LogP contribution in [0.3, 0.4) is 0 Å². The fraction of sp³-hybridized carbons (Fsp3) is 0.103. The van der Waals surface area contributed by atoms with Crippen LogP contribution in [0.2, 0.25) is 0 Å². The Morgan fingerprint density at radius 2 is 0.906 bits per heavy atom. The minimum atomic E-state index is -1.94. The van der Waals surface area contributed by atoms with Crippen molar-refractivity contribution in [2.24, 2.45) is 10.2 Å². The molecule has 0 saturated heterocycles. The van der Waals surface area contributed by atoms with Crippen molar-refractivity contribution >= 4 is 34.6 Å². The summed E-state index contributed by atoms with van der Waals surface area (Å²) in [4.78, 5) is 0. The molecule has 0 bridgehead atoms. The largest absolute Gasteiger partial charge is 0.156 e. The third-order valence-corrected chi connectivity index (χ3v) is 10.1. The molecule has 158 valence electrons. The SMILES string of the molecule is CC(C[P+](c1ccccc1)(c1ccccc1)c1ccccc1)=NN=C(C)c1ccccc1. The minimum Gasteiger partial charge on any atom is -0.156 e. The fourth-order valence-electron chi connectivity index (χ4n) is 4.04. The Balaban J connectivity index is 1.83. The molecule has 0 heterocycles. The highest BCUT2D eigenvalue weighted by molar-refractivity contribution is 7.96. The molecule has 0 unspecified atom stereocenters. The Labute approximate surface area is 191 Å². The summed E-state index contributed by atoms with van der Waals surface area (Å²) in [5.41, 5.74) is 3.05. The molecular weight excluding hydrogens is 407 g/mol. The Morgan fingerprint density at radius 1 is 0.531 bits per heavy atom. The first-order valence-corrected chi connectivity index (χ1v) is 12.9. The van der Waals surface area contributed by atoms with Gasteiger partial charge in [-0.2, -0.15) is 10.2 Å². The summed E-state index contributed by atoms with van der Waals surface area (Å²) in [6, 6.07) is 42.9. The third kappa shape index (κ3) is 4.77. The predicted octanol–water partition coefficient (Wildman–Crippen LogP) is 5.87. The highest BCUT2D eigenvalue weighted by Crippen LogP contribution is 2.55. The van der Waals surface area contributed by atoms with Crippen LogP contribution in [0.5, 0.6) is 0 Å². The molecule has 0 radical (unpaired) electrons. The van der Waals surface area contributed by atoms with E-state index in [1.807, 2.05) is 25.1 Å². The van der Waals surface area contributed by atoms with Crippen molar-refractivity contribution in [2.45, 2.75) is 13.8 Å². The van der Waals surface area contributed by atoms with Crippen LogP contribution in [0.15, 0.2) is 132 Å². The Hall–Kier alpha value is -3.35. The van der Waals surface area contributed by atoms with Gasteiger partial charge in [0, 0.05) is 0 Å². The molecular formula is C29H28N2P+. The molecule has 0 aliphatic carbocycles. The van der Waals surface area contributed by atoms with E-state index in [1.54, 1.807) is 0 Å². The van der Waals surface area contributed by atoms with Gasteiger partial charge in [-0.05, 0) is 55.8 Å². The van der Waals surface area contributed by atoms with Crippen molar-refractivity contribution in [3.63, 3.8) is 0 Å². The molecule has 2 nitrogen and oxygen atoms in total. The maximum atomic E-state index is 4.69. The second kappa shape index (κ2) is 10.3. The lowest BCUT2D eigenvalue weighted by Gasteiger charge is -2.27. The van der Waals surface area contributed by atoms with Crippen LogP contribution in [-0.4, -0.2) is 17.6 Å². The summed E-state index contributed by atoms with van der Waals surface area (Å²) in [6.07, 6.45) is 0.844. The minimum absolute atomic E-state index is 0.844. The molecule has 0 aliphatic heterocycles. The van der Waals surface area contributed by atoms with Gasteiger partial charge in [0.1, 0.15) is 29.3 Å². The number of nitrogens with zero attached hydrogens (tertiary/aromatic N) is 2. The first-order valence-electron chi connectivity index (χ1n) is 10.9. The van der Waals surface area contributed by atoms with Crippen LogP contribution >= 0.6 is 7.26 Å². The zero-order valence-corrected chi connectivity index (χ0v) is 19.5. The number of hydrogen-bond acceptors (Lipinski definition) is 2. The summed E-state index contributed by atoms with van der Waals surface area (Å²) >= 11 is 0. The van der Waals surface area contributed by atoms with Crippen LogP contribution in [-0.2, 0) is 0 Å². The quantitative estimate of drug-likeness (QED) is 0.197. The standard InChI is InChI=1S/C29H28N2P/c1-24(30-31-25(2)26-15-7-3-8-16-26)23-32(27-17-9-4-10-18-27,28-19-11-5-12-20-28)29-21-13-6-14-22-29/h3-22H,23H2,1-2H3/q+1. The molecule has 0 spiro atoms. The molecule has 0 N–H and O–H groups in total. The Kier molecular flexibility index (Phi) is 7.04. The second-order valence-corrected chi connectivity index (χ2v) is 11.3. The van der Waals surface area contributed by atoms with Crippen molar-refractivity contribution in [3.05, 3.63) is 127 Å². The molecule has 32 heavy (non-hydrogen) atoms.